The van der Waals surface area contributed by atoms with Crippen LogP contribution in [0, 0.1) is 0 Å². The summed E-state index contributed by atoms with van der Waals surface area (Å²) in [5, 5.41) is 2.18. The van der Waals surface area contributed by atoms with E-state index in [4.69, 9.17) is 32.7 Å². The molecule has 0 aliphatic heterocycles. The number of ether oxygens (including phenoxy) is 2. The van der Waals surface area contributed by atoms with Crippen molar-refractivity contribution in [1.82, 2.24) is 9.55 Å². The minimum atomic E-state index is -3.87. The van der Waals surface area contributed by atoms with Crippen molar-refractivity contribution in [2.24, 2.45) is 0 Å². The number of imidazole rings is 1. The molecule has 0 aliphatic rings. The topological polar surface area (TPSA) is 99.5 Å². The second-order valence-corrected chi connectivity index (χ2v) is 11.7. The van der Waals surface area contributed by atoms with Gasteiger partial charge in [0.1, 0.15) is 16.6 Å². The van der Waals surface area contributed by atoms with Gasteiger partial charge in [0.2, 0.25) is 0 Å². The van der Waals surface area contributed by atoms with E-state index < -0.39 is 16.1 Å². The molecule has 0 saturated heterocycles. The molecular weight excluding hydrogens is 569 g/mol. The van der Waals surface area contributed by atoms with Crippen molar-refractivity contribution in [2.45, 2.75) is 10.8 Å². The smallest absolute Gasteiger partial charge is 0.420 e. The number of methoxy groups -OCH3 is 1. The van der Waals surface area contributed by atoms with E-state index in [2.05, 4.69) is 9.71 Å². The summed E-state index contributed by atoms with van der Waals surface area (Å²) in [7, 11) is -2.44. The molecule has 8 nitrogen and oxygen atoms in total. The van der Waals surface area contributed by atoms with E-state index in [-0.39, 0.29) is 38.1 Å². The van der Waals surface area contributed by atoms with Gasteiger partial charge in [-0.1, -0.05) is 59.6 Å². The predicted molar refractivity (Wildman–Crippen MR) is 149 cm³/mol. The van der Waals surface area contributed by atoms with Gasteiger partial charge in [-0.2, -0.15) is 0 Å². The Balaban J connectivity index is 1.60. The maximum absolute atomic E-state index is 13.4. The zero-order chi connectivity index (χ0) is 26.9. The second kappa shape index (κ2) is 10.7. The van der Waals surface area contributed by atoms with Gasteiger partial charge in [0.05, 0.1) is 33.9 Å². The number of halogens is 2. The number of nitrogens with one attached hydrogen (secondary N) is 1. The summed E-state index contributed by atoms with van der Waals surface area (Å²) in [5.74, 6) is 0.491. The van der Waals surface area contributed by atoms with Crippen molar-refractivity contribution in [1.29, 1.82) is 0 Å². The number of carbonyl (C=O) groups is 1. The summed E-state index contributed by atoms with van der Waals surface area (Å²) >= 11 is 13.6. The lowest BCUT2D eigenvalue weighted by Crippen LogP contribution is -2.15. The van der Waals surface area contributed by atoms with E-state index in [9.17, 15) is 13.2 Å². The summed E-state index contributed by atoms with van der Waals surface area (Å²) in [4.78, 5) is 18.0. The number of rotatable bonds is 7. The molecule has 38 heavy (non-hydrogen) atoms. The fourth-order valence-electron chi connectivity index (χ4n) is 3.77. The maximum atomic E-state index is 13.4. The Kier molecular flexibility index (Phi) is 7.31. The molecule has 0 radical (unpaired) electrons. The number of benzene rings is 3. The van der Waals surface area contributed by atoms with Crippen LogP contribution in [0.1, 0.15) is 5.56 Å². The van der Waals surface area contributed by atoms with E-state index in [1.165, 1.54) is 29.9 Å². The number of carbonyl (C=O) groups excluding carboxylic acids is 1. The molecule has 5 aromatic rings. The van der Waals surface area contributed by atoms with Crippen LogP contribution in [0.3, 0.4) is 0 Å². The molecule has 3 aromatic carbocycles. The standard InChI is InChI=1S/C26H19Cl2N3O5S2/c1-35-23-10-9-17(12-21(23)30-38(33,34)24-8-5-11-37-24)25-29-20-13-18(27)19(28)14-22(20)31(25)26(32)36-15-16-6-3-2-4-7-16/h2-14,30H,15H2,1H3. The minimum Gasteiger partial charge on any atom is -0.495 e. The van der Waals surface area contributed by atoms with E-state index in [0.29, 0.717) is 16.6 Å². The predicted octanol–water partition coefficient (Wildman–Crippen LogP) is 7.07. The number of nitrogens with zero attached hydrogens (tertiary/aromatic N) is 2. The van der Waals surface area contributed by atoms with Gasteiger partial charge in [-0.3, -0.25) is 4.72 Å². The number of sulfonamides is 1. The van der Waals surface area contributed by atoms with Gasteiger partial charge in [-0.15, -0.1) is 11.3 Å². The molecule has 2 aromatic heterocycles. The summed E-state index contributed by atoms with van der Waals surface area (Å²) in [5.41, 5.74) is 2.19. The average molecular weight is 588 g/mol. The first-order valence-corrected chi connectivity index (χ1v) is 14.2. The Bertz CT molecular complexity index is 1740. The average Bonchev–Trinajstić information content (AvgIpc) is 3.57. The third-order valence-corrected chi connectivity index (χ3v) is 9.03. The number of thiophene rings is 1. The lowest BCUT2D eigenvalue weighted by Gasteiger charge is -2.14. The number of fused-ring (bicyclic) bond motifs is 1. The maximum Gasteiger partial charge on any atom is 0.420 e. The summed E-state index contributed by atoms with van der Waals surface area (Å²) in [6.45, 7) is 0.0363. The van der Waals surface area contributed by atoms with Gasteiger partial charge in [-0.25, -0.2) is 22.8 Å². The monoisotopic (exact) mass is 587 g/mol. The highest BCUT2D eigenvalue weighted by Crippen LogP contribution is 2.36. The van der Waals surface area contributed by atoms with Gasteiger partial charge in [-0.05, 0) is 47.3 Å². The Hall–Kier alpha value is -3.57. The minimum absolute atomic E-state index is 0.0363. The van der Waals surface area contributed by atoms with Crippen LogP contribution < -0.4 is 9.46 Å². The van der Waals surface area contributed by atoms with Gasteiger partial charge < -0.3 is 9.47 Å². The molecule has 0 bridgehead atoms. The summed E-state index contributed by atoms with van der Waals surface area (Å²) in [6.07, 6.45) is -0.693. The first-order chi connectivity index (χ1) is 18.3. The van der Waals surface area contributed by atoms with Crippen molar-refractivity contribution >= 4 is 67.4 Å². The molecule has 0 amide bonds. The molecule has 0 spiro atoms. The Morgan fingerprint density at radius 3 is 2.50 bits per heavy atom. The van der Waals surface area contributed by atoms with Crippen LogP contribution in [0.4, 0.5) is 10.5 Å². The van der Waals surface area contributed by atoms with Crippen LogP contribution in [0.2, 0.25) is 10.0 Å². The van der Waals surface area contributed by atoms with E-state index in [0.717, 1.165) is 16.9 Å². The Morgan fingerprint density at radius 1 is 1.03 bits per heavy atom. The fraction of sp³-hybridized carbons (Fsp3) is 0.0769. The molecular formula is C26H19Cl2N3O5S2. The van der Waals surface area contributed by atoms with E-state index >= 15 is 0 Å². The largest absolute Gasteiger partial charge is 0.495 e. The van der Waals surface area contributed by atoms with Crippen molar-refractivity contribution in [3.05, 3.63) is 93.8 Å². The van der Waals surface area contributed by atoms with Crippen LogP contribution in [-0.4, -0.2) is 31.2 Å². The fourth-order valence-corrected chi connectivity index (χ4v) is 6.14. The summed E-state index contributed by atoms with van der Waals surface area (Å²) in [6, 6.07) is 20.2. The highest BCUT2D eigenvalue weighted by atomic mass is 35.5. The van der Waals surface area contributed by atoms with Crippen LogP contribution in [0.5, 0.6) is 5.75 Å². The zero-order valence-corrected chi connectivity index (χ0v) is 22.9. The van der Waals surface area contributed by atoms with Gasteiger partial charge in [0.25, 0.3) is 10.0 Å². The van der Waals surface area contributed by atoms with Gasteiger partial charge in [0.15, 0.2) is 5.82 Å². The third-order valence-electron chi connectivity index (χ3n) is 5.55. The van der Waals surface area contributed by atoms with Crippen molar-refractivity contribution in [2.75, 3.05) is 11.8 Å². The lowest BCUT2D eigenvalue weighted by atomic mass is 10.1. The Morgan fingerprint density at radius 2 is 1.79 bits per heavy atom. The quantitative estimate of drug-likeness (QED) is 0.218. The van der Waals surface area contributed by atoms with E-state index in [1.54, 1.807) is 29.6 Å². The molecule has 5 rings (SSSR count). The number of hydrogen-bond donors (Lipinski definition) is 1. The number of aromatic nitrogens is 2. The van der Waals surface area contributed by atoms with Crippen LogP contribution in [0.15, 0.2) is 82.4 Å². The first kappa shape index (κ1) is 26.1. The van der Waals surface area contributed by atoms with Crippen molar-refractivity contribution in [3.63, 3.8) is 0 Å². The molecule has 194 valence electrons. The number of anilines is 1. The molecule has 0 unspecified atom stereocenters. The normalized spacial score (nSPS) is 11.4. The van der Waals surface area contributed by atoms with E-state index in [1.807, 2.05) is 30.3 Å². The highest BCUT2D eigenvalue weighted by molar-refractivity contribution is 7.94. The van der Waals surface area contributed by atoms with Crippen molar-refractivity contribution < 1.29 is 22.7 Å². The van der Waals surface area contributed by atoms with Gasteiger partial charge in [0, 0.05) is 5.56 Å². The molecule has 1 N–H and O–H groups in total. The lowest BCUT2D eigenvalue weighted by molar-refractivity contribution is 0.142. The molecule has 0 fully saturated rings. The third kappa shape index (κ3) is 5.21. The molecule has 2 heterocycles. The van der Waals surface area contributed by atoms with Crippen LogP contribution >= 0.6 is 34.5 Å². The van der Waals surface area contributed by atoms with Crippen LogP contribution in [-0.2, 0) is 21.4 Å². The SMILES string of the molecule is COc1ccc(-c2nc3cc(Cl)c(Cl)cc3n2C(=O)OCc2ccccc2)cc1NS(=O)(=O)c1cccs1. The zero-order valence-electron chi connectivity index (χ0n) is 19.7. The first-order valence-electron chi connectivity index (χ1n) is 11.1. The second-order valence-electron chi connectivity index (χ2n) is 8.02. The highest BCUT2D eigenvalue weighted by Gasteiger charge is 2.23. The number of hydrogen-bond acceptors (Lipinski definition) is 7. The Labute approximate surface area is 232 Å². The van der Waals surface area contributed by atoms with Crippen molar-refractivity contribution in [3.8, 4) is 17.1 Å². The molecule has 12 heteroatoms. The van der Waals surface area contributed by atoms with Gasteiger partial charge >= 0.3 is 6.09 Å². The molecule has 0 saturated carbocycles. The summed E-state index contributed by atoms with van der Waals surface area (Å²) < 4.78 is 40.8. The molecule has 0 atom stereocenters. The van der Waals surface area contributed by atoms with Crippen LogP contribution in [0.25, 0.3) is 22.4 Å². The molecule has 0 aliphatic carbocycles.